The molecule has 24 heavy (non-hydrogen) atoms. The molecule has 1 heterocycles. The smallest absolute Gasteiger partial charge is 0.343 e. The van der Waals surface area contributed by atoms with Gasteiger partial charge in [0.05, 0.1) is 10.5 Å². The lowest BCUT2D eigenvalue weighted by molar-refractivity contribution is -0.384. The first-order valence-corrected chi connectivity index (χ1v) is 7.36. The van der Waals surface area contributed by atoms with E-state index in [-0.39, 0.29) is 16.3 Å². The summed E-state index contributed by atoms with van der Waals surface area (Å²) in [6.07, 6.45) is 0. The Balaban J connectivity index is 1.97. The quantitative estimate of drug-likeness (QED) is 0.306. The van der Waals surface area contributed by atoms with Crippen molar-refractivity contribution in [3.63, 3.8) is 0 Å². The normalized spacial score (nSPS) is 10.6. The maximum absolute atomic E-state index is 12.3. The van der Waals surface area contributed by atoms with E-state index in [4.69, 9.17) is 16.3 Å². The van der Waals surface area contributed by atoms with Gasteiger partial charge in [-0.05, 0) is 31.2 Å². The minimum Gasteiger partial charge on any atom is -0.421 e. The minimum atomic E-state index is -0.717. The summed E-state index contributed by atoms with van der Waals surface area (Å²) in [5.41, 5.74) is 1.02. The van der Waals surface area contributed by atoms with Crippen LogP contribution < -0.4 is 4.74 Å². The highest BCUT2D eigenvalue weighted by Gasteiger charge is 2.18. The first-order chi connectivity index (χ1) is 11.5. The first-order valence-electron chi connectivity index (χ1n) is 6.98. The standard InChI is InChI=1S/C17H11ClN2O4/c1-10-5-6-11-3-2-4-15(16(11)19-10)24-17(21)12-7-8-13(18)14(9-12)20(22)23/h2-9H,1H3. The van der Waals surface area contributed by atoms with Crippen LogP contribution in [0.4, 0.5) is 5.69 Å². The Morgan fingerprint density at radius 1 is 1.21 bits per heavy atom. The van der Waals surface area contributed by atoms with Gasteiger partial charge in [0.15, 0.2) is 5.75 Å². The summed E-state index contributed by atoms with van der Waals surface area (Å²) >= 11 is 5.75. The molecule has 7 heteroatoms. The molecule has 0 radical (unpaired) electrons. The van der Waals surface area contributed by atoms with Crippen molar-refractivity contribution in [2.45, 2.75) is 6.92 Å². The Kier molecular flexibility index (Phi) is 4.14. The monoisotopic (exact) mass is 342 g/mol. The number of hydrogen-bond acceptors (Lipinski definition) is 5. The van der Waals surface area contributed by atoms with Crippen molar-refractivity contribution in [2.24, 2.45) is 0 Å². The number of pyridine rings is 1. The number of carbonyl (C=O) groups excluding carboxylic acids is 1. The van der Waals surface area contributed by atoms with Crippen molar-refractivity contribution >= 4 is 34.2 Å². The number of carbonyl (C=O) groups is 1. The van der Waals surface area contributed by atoms with Crippen LogP contribution in [-0.2, 0) is 0 Å². The maximum atomic E-state index is 12.3. The lowest BCUT2D eigenvalue weighted by atomic mass is 10.2. The van der Waals surface area contributed by atoms with Gasteiger partial charge in [-0.3, -0.25) is 10.1 Å². The molecule has 0 bridgehead atoms. The molecule has 0 unspecified atom stereocenters. The molecule has 0 aliphatic heterocycles. The second-order valence-corrected chi connectivity index (χ2v) is 5.50. The summed E-state index contributed by atoms with van der Waals surface area (Å²) in [5.74, 6) is -0.427. The number of esters is 1. The SMILES string of the molecule is Cc1ccc2cccc(OC(=O)c3ccc(Cl)c([N+](=O)[O-])c3)c2n1. The fourth-order valence-corrected chi connectivity index (χ4v) is 2.42. The zero-order valence-electron chi connectivity index (χ0n) is 12.5. The van der Waals surface area contributed by atoms with Crippen molar-refractivity contribution in [1.82, 2.24) is 4.98 Å². The highest BCUT2D eigenvalue weighted by Crippen LogP contribution is 2.28. The van der Waals surface area contributed by atoms with E-state index >= 15 is 0 Å². The molecule has 0 aliphatic rings. The molecule has 6 nitrogen and oxygen atoms in total. The molecule has 120 valence electrons. The van der Waals surface area contributed by atoms with Crippen LogP contribution in [-0.4, -0.2) is 15.9 Å². The Morgan fingerprint density at radius 3 is 2.75 bits per heavy atom. The number of benzene rings is 2. The van der Waals surface area contributed by atoms with E-state index < -0.39 is 10.9 Å². The van der Waals surface area contributed by atoms with Gasteiger partial charge in [0.25, 0.3) is 5.69 Å². The number of nitrogens with zero attached hydrogens (tertiary/aromatic N) is 2. The highest BCUT2D eigenvalue weighted by molar-refractivity contribution is 6.32. The number of aromatic nitrogens is 1. The highest BCUT2D eigenvalue weighted by atomic mass is 35.5. The van der Waals surface area contributed by atoms with Crippen LogP contribution in [0.15, 0.2) is 48.5 Å². The predicted octanol–water partition coefficient (Wildman–Crippen LogP) is 4.32. The minimum absolute atomic E-state index is 0.0377. The van der Waals surface area contributed by atoms with E-state index in [0.717, 1.165) is 17.1 Å². The van der Waals surface area contributed by atoms with Gasteiger partial charge in [-0.2, -0.15) is 0 Å². The van der Waals surface area contributed by atoms with Gasteiger partial charge in [0.2, 0.25) is 0 Å². The molecular weight excluding hydrogens is 332 g/mol. The van der Waals surface area contributed by atoms with Crippen LogP contribution in [0, 0.1) is 17.0 Å². The molecule has 3 aromatic rings. The number of halogens is 1. The summed E-state index contributed by atoms with van der Waals surface area (Å²) < 4.78 is 5.38. The van der Waals surface area contributed by atoms with Gasteiger partial charge in [-0.25, -0.2) is 9.78 Å². The maximum Gasteiger partial charge on any atom is 0.343 e. The Bertz CT molecular complexity index is 972. The molecule has 0 spiro atoms. The molecule has 0 atom stereocenters. The van der Waals surface area contributed by atoms with E-state index in [1.54, 1.807) is 12.1 Å². The number of fused-ring (bicyclic) bond motifs is 1. The van der Waals surface area contributed by atoms with Gasteiger partial charge in [0, 0.05) is 17.1 Å². The number of nitro benzene ring substituents is 1. The van der Waals surface area contributed by atoms with Gasteiger partial charge >= 0.3 is 5.97 Å². The number of nitro groups is 1. The fraction of sp³-hybridized carbons (Fsp3) is 0.0588. The third kappa shape index (κ3) is 3.04. The van der Waals surface area contributed by atoms with Gasteiger partial charge in [-0.15, -0.1) is 0 Å². The lowest BCUT2D eigenvalue weighted by Gasteiger charge is -2.08. The van der Waals surface area contributed by atoms with Crippen LogP contribution >= 0.6 is 11.6 Å². The van der Waals surface area contributed by atoms with Crippen LogP contribution in [0.1, 0.15) is 16.1 Å². The van der Waals surface area contributed by atoms with Crippen LogP contribution in [0.5, 0.6) is 5.75 Å². The summed E-state index contributed by atoms with van der Waals surface area (Å²) in [4.78, 5) is 27.0. The van der Waals surface area contributed by atoms with Gasteiger partial charge < -0.3 is 4.74 Å². The molecular formula is C17H11ClN2O4. The largest absolute Gasteiger partial charge is 0.421 e. The van der Waals surface area contributed by atoms with Gasteiger partial charge in [-0.1, -0.05) is 29.8 Å². The van der Waals surface area contributed by atoms with Crippen LogP contribution in [0.2, 0.25) is 5.02 Å². The van der Waals surface area contributed by atoms with E-state index in [2.05, 4.69) is 4.98 Å². The average molecular weight is 343 g/mol. The molecule has 0 saturated carbocycles. The Morgan fingerprint density at radius 2 is 2.00 bits per heavy atom. The zero-order valence-corrected chi connectivity index (χ0v) is 13.3. The second kappa shape index (κ2) is 6.25. The molecule has 0 saturated heterocycles. The molecule has 2 aromatic carbocycles. The van der Waals surface area contributed by atoms with Crippen molar-refractivity contribution in [2.75, 3.05) is 0 Å². The third-order valence-corrected chi connectivity index (χ3v) is 3.72. The Labute approximate surface area is 141 Å². The summed E-state index contributed by atoms with van der Waals surface area (Å²) in [5, 5.41) is 11.7. The third-order valence-electron chi connectivity index (χ3n) is 3.40. The second-order valence-electron chi connectivity index (χ2n) is 5.09. The number of aryl methyl sites for hydroxylation is 1. The molecule has 3 rings (SSSR count). The van der Waals surface area contributed by atoms with Crippen molar-refractivity contribution in [3.05, 3.63) is 74.9 Å². The summed E-state index contributed by atoms with van der Waals surface area (Å²) in [6, 6.07) is 12.7. The molecule has 0 N–H and O–H groups in total. The average Bonchev–Trinajstić information content (AvgIpc) is 2.55. The predicted molar refractivity (Wildman–Crippen MR) is 89.5 cm³/mol. The van der Waals surface area contributed by atoms with Gasteiger partial charge in [0.1, 0.15) is 10.5 Å². The molecule has 0 aliphatic carbocycles. The summed E-state index contributed by atoms with van der Waals surface area (Å²) in [7, 11) is 0. The number of ether oxygens (including phenoxy) is 1. The van der Waals surface area contributed by atoms with Crippen molar-refractivity contribution in [1.29, 1.82) is 0 Å². The van der Waals surface area contributed by atoms with Crippen molar-refractivity contribution in [3.8, 4) is 5.75 Å². The first kappa shape index (κ1) is 15.9. The van der Waals surface area contributed by atoms with Crippen LogP contribution in [0.3, 0.4) is 0 Å². The van der Waals surface area contributed by atoms with Crippen LogP contribution in [0.25, 0.3) is 10.9 Å². The van der Waals surface area contributed by atoms with E-state index in [1.807, 2.05) is 25.1 Å². The Hall–Kier alpha value is -2.99. The van der Waals surface area contributed by atoms with E-state index in [1.165, 1.54) is 12.1 Å². The van der Waals surface area contributed by atoms with Crippen molar-refractivity contribution < 1.29 is 14.5 Å². The zero-order chi connectivity index (χ0) is 17.3. The molecule has 0 fully saturated rings. The number of para-hydroxylation sites is 1. The fourth-order valence-electron chi connectivity index (χ4n) is 2.24. The lowest BCUT2D eigenvalue weighted by Crippen LogP contribution is -2.09. The topological polar surface area (TPSA) is 82.3 Å². The molecule has 1 aromatic heterocycles. The number of hydrogen-bond donors (Lipinski definition) is 0. The van der Waals surface area contributed by atoms with E-state index in [0.29, 0.717) is 11.3 Å². The summed E-state index contributed by atoms with van der Waals surface area (Å²) in [6.45, 7) is 1.83. The number of rotatable bonds is 3. The molecule has 0 amide bonds. The van der Waals surface area contributed by atoms with E-state index in [9.17, 15) is 14.9 Å².